The molecule has 0 aliphatic heterocycles. The van der Waals surface area contributed by atoms with Crippen LogP contribution in [-0.4, -0.2) is 34.4 Å². The summed E-state index contributed by atoms with van der Waals surface area (Å²) in [5, 5.41) is 3.23. The van der Waals surface area contributed by atoms with E-state index in [0.717, 1.165) is 16.3 Å². The maximum absolute atomic E-state index is 12.5. The van der Waals surface area contributed by atoms with E-state index in [1.165, 1.54) is 11.3 Å². The summed E-state index contributed by atoms with van der Waals surface area (Å²) < 4.78 is 0. The second kappa shape index (κ2) is 7.55. The van der Waals surface area contributed by atoms with Gasteiger partial charge in [-0.05, 0) is 24.3 Å². The molecule has 24 heavy (non-hydrogen) atoms. The first-order valence-electron chi connectivity index (χ1n) is 7.50. The molecule has 0 unspecified atom stereocenters. The number of pyridine rings is 1. The van der Waals surface area contributed by atoms with Gasteiger partial charge < -0.3 is 4.90 Å². The number of hydrogen-bond acceptors (Lipinski definition) is 4. The van der Waals surface area contributed by atoms with Gasteiger partial charge in [0.25, 0.3) is 5.91 Å². The van der Waals surface area contributed by atoms with E-state index in [1.807, 2.05) is 42.5 Å². The van der Waals surface area contributed by atoms with Crippen molar-refractivity contribution in [1.29, 1.82) is 0 Å². The topological polar surface area (TPSA) is 46.1 Å². The highest BCUT2D eigenvalue weighted by molar-refractivity contribution is 7.13. The zero-order valence-corrected chi connectivity index (χ0v) is 14.7. The van der Waals surface area contributed by atoms with Gasteiger partial charge in [0.1, 0.15) is 10.7 Å². The van der Waals surface area contributed by atoms with Gasteiger partial charge in [-0.25, -0.2) is 4.98 Å². The molecule has 0 spiro atoms. The Bertz CT molecular complexity index is 835. The first-order chi connectivity index (χ1) is 11.6. The van der Waals surface area contributed by atoms with E-state index in [2.05, 4.69) is 9.97 Å². The number of nitrogens with zero attached hydrogens (tertiary/aromatic N) is 3. The van der Waals surface area contributed by atoms with Gasteiger partial charge in [0.05, 0.1) is 0 Å². The van der Waals surface area contributed by atoms with Crippen LogP contribution in [0.15, 0.2) is 54.0 Å². The Kier molecular flexibility index (Phi) is 5.23. The summed E-state index contributed by atoms with van der Waals surface area (Å²) in [5.74, 6) is -0.0875. The molecule has 122 valence electrons. The number of aromatic nitrogens is 2. The van der Waals surface area contributed by atoms with Crippen molar-refractivity contribution in [3.05, 3.63) is 70.5 Å². The molecule has 0 N–H and O–H groups in total. The van der Waals surface area contributed by atoms with Crippen LogP contribution >= 0.6 is 22.9 Å². The van der Waals surface area contributed by atoms with E-state index < -0.39 is 0 Å². The van der Waals surface area contributed by atoms with Crippen LogP contribution in [0.25, 0.3) is 10.6 Å². The van der Waals surface area contributed by atoms with E-state index in [9.17, 15) is 4.79 Å². The molecule has 3 aromatic rings. The molecule has 0 atom stereocenters. The lowest BCUT2D eigenvalue weighted by Gasteiger charge is -2.15. The smallest absolute Gasteiger partial charge is 0.273 e. The monoisotopic (exact) mass is 357 g/mol. The zero-order chi connectivity index (χ0) is 16.9. The molecular weight excluding hydrogens is 342 g/mol. The fraction of sp³-hybridized carbons (Fsp3) is 0.167. The van der Waals surface area contributed by atoms with Gasteiger partial charge in [-0.3, -0.25) is 9.78 Å². The summed E-state index contributed by atoms with van der Waals surface area (Å²) in [6, 6.07) is 13.3. The Morgan fingerprint density at radius 1 is 1.25 bits per heavy atom. The molecule has 2 heterocycles. The maximum Gasteiger partial charge on any atom is 0.273 e. The Morgan fingerprint density at radius 2 is 2.12 bits per heavy atom. The molecule has 0 saturated heterocycles. The van der Waals surface area contributed by atoms with Crippen LogP contribution < -0.4 is 0 Å². The summed E-state index contributed by atoms with van der Waals surface area (Å²) in [7, 11) is 1.78. The standard InChI is InChI=1S/C18H16ClN3OS/c1-22(10-8-15-7-2-3-9-20-15)18(23)16-12-24-17(21-16)13-5-4-6-14(19)11-13/h2-7,9,11-12H,8,10H2,1H3. The van der Waals surface area contributed by atoms with Crippen molar-refractivity contribution >= 4 is 28.8 Å². The quantitative estimate of drug-likeness (QED) is 0.688. The molecule has 2 aromatic heterocycles. The Labute approximate surface area is 149 Å². The molecule has 0 radical (unpaired) electrons. The zero-order valence-electron chi connectivity index (χ0n) is 13.1. The van der Waals surface area contributed by atoms with Crippen molar-refractivity contribution in [1.82, 2.24) is 14.9 Å². The number of likely N-dealkylation sites (N-methyl/N-ethyl adjacent to an activating group) is 1. The molecule has 0 aliphatic rings. The molecule has 0 saturated carbocycles. The minimum absolute atomic E-state index is 0.0875. The van der Waals surface area contributed by atoms with Gasteiger partial charge in [-0.1, -0.05) is 29.8 Å². The molecular formula is C18H16ClN3OS. The van der Waals surface area contributed by atoms with Crippen LogP contribution in [-0.2, 0) is 6.42 Å². The van der Waals surface area contributed by atoms with Crippen molar-refractivity contribution < 1.29 is 4.79 Å². The first kappa shape index (κ1) is 16.6. The van der Waals surface area contributed by atoms with Crippen LogP contribution in [0.3, 0.4) is 0 Å². The summed E-state index contributed by atoms with van der Waals surface area (Å²) in [4.78, 5) is 22.9. The van der Waals surface area contributed by atoms with Gasteiger partial charge in [-0.15, -0.1) is 11.3 Å². The van der Waals surface area contributed by atoms with Crippen LogP contribution in [0.5, 0.6) is 0 Å². The lowest BCUT2D eigenvalue weighted by molar-refractivity contribution is 0.0791. The number of benzene rings is 1. The summed E-state index contributed by atoms with van der Waals surface area (Å²) in [6.07, 6.45) is 2.48. The second-order valence-electron chi connectivity index (χ2n) is 5.35. The van der Waals surface area contributed by atoms with Gasteiger partial charge >= 0.3 is 0 Å². The van der Waals surface area contributed by atoms with Crippen LogP contribution in [0.2, 0.25) is 5.02 Å². The van der Waals surface area contributed by atoms with Crippen LogP contribution in [0.4, 0.5) is 0 Å². The van der Waals surface area contributed by atoms with E-state index in [0.29, 0.717) is 23.7 Å². The Hall–Kier alpha value is -2.24. The fourth-order valence-electron chi connectivity index (χ4n) is 2.25. The average molecular weight is 358 g/mol. The van der Waals surface area contributed by atoms with Crippen LogP contribution in [0, 0.1) is 0 Å². The molecule has 4 nitrogen and oxygen atoms in total. The lowest BCUT2D eigenvalue weighted by atomic mass is 10.2. The number of carbonyl (C=O) groups excluding carboxylic acids is 1. The third-order valence-corrected chi connectivity index (χ3v) is 4.70. The van der Waals surface area contributed by atoms with Gasteiger partial charge in [0, 0.05) is 47.9 Å². The Balaban J connectivity index is 1.67. The third-order valence-electron chi connectivity index (χ3n) is 3.57. The molecule has 0 fully saturated rings. The highest BCUT2D eigenvalue weighted by atomic mass is 35.5. The lowest BCUT2D eigenvalue weighted by Crippen LogP contribution is -2.29. The van der Waals surface area contributed by atoms with Gasteiger partial charge in [0.2, 0.25) is 0 Å². The van der Waals surface area contributed by atoms with Crippen molar-refractivity contribution in [3.8, 4) is 10.6 Å². The third kappa shape index (κ3) is 3.99. The number of carbonyl (C=O) groups is 1. The highest BCUT2D eigenvalue weighted by Gasteiger charge is 2.16. The van der Waals surface area contributed by atoms with Crippen LogP contribution in [0.1, 0.15) is 16.2 Å². The molecule has 1 aromatic carbocycles. The number of hydrogen-bond donors (Lipinski definition) is 0. The fourth-order valence-corrected chi connectivity index (χ4v) is 3.23. The van der Waals surface area contributed by atoms with E-state index in [4.69, 9.17) is 11.6 Å². The van der Waals surface area contributed by atoms with E-state index >= 15 is 0 Å². The predicted octanol–water partition coefficient (Wildman–Crippen LogP) is 4.17. The molecule has 1 amide bonds. The van der Waals surface area contributed by atoms with Crippen molar-refractivity contribution in [2.45, 2.75) is 6.42 Å². The van der Waals surface area contributed by atoms with Crippen molar-refractivity contribution in [2.75, 3.05) is 13.6 Å². The van der Waals surface area contributed by atoms with Gasteiger partial charge in [0.15, 0.2) is 0 Å². The molecule has 6 heteroatoms. The molecule has 3 rings (SSSR count). The summed E-state index contributed by atoms with van der Waals surface area (Å²) >= 11 is 7.45. The minimum atomic E-state index is -0.0875. The molecule has 0 aliphatic carbocycles. The predicted molar refractivity (Wildman–Crippen MR) is 97.5 cm³/mol. The van der Waals surface area contributed by atoms with Crippen molar-refractivity contribution in [2.24, 2.45) is 0 Å². The maximum atomic E-state index is 12.5. The summed E-state index contributed by atoms with van der Waals surface area (Å²) in [6.45, 7) is 0.597. The summed E-state index contributed by atoms with van der Waals surface area (Å²) in [5.41, 5.74) is 2.34. The van der Waals surface area contributed by atoms with Crippen molar-refractivity contribution in [3.63, 3.8) is 0 Å². The number of halogens is 1. The van der Waals surface area contributed by atoms with E-state index in [1.54, 1.807) is 23.5 Å². The van der Waals surface area contributed by atoms with E-state index in [-0.39, 0.29) is 5.91 Å². The Morgan fingerprint density at radius 3 is 2.88 bits per heavy atom. The number of amides is 1. The second-order valence-corrected chi connectivity index (χ2v) is 6.64. The normalized spacial score (nSPS) is 10.6. The minimum Gasteiger partial charge on any atom is -0.340 e. The largest absolute Gasteiger partial charge is 0.340 e. The average Bonchev–Trinajstić information content (AvgIpc) is 3.10. The number of rotatable bonds is 5. The number of thiazole rings is 1. The SMILES string of the molecule is CN(CCc1ccccn1)C(=O)c1csc(-c2cccc(Cl)c2)n1. The first-order valence-corrected chi connectivity index (χ1v) is 8.76. The molecule has 0 bridgehead atoms. The van der Waals surface area contributed by atoms with Gasteiger partial charge in [-0.2, -0.15) is 0 Å². The highest BCUT2D eigenvalue weighted by Crippen LogP contribution is 2.26.